The molecule has 6 heteroatoms. The van der Waals surface area contributed by atoms with Crippen molar-refractivity contribution in [3.05, 3.63) is 5.82 Å². The van der Waals surface area contributed by atoms with E-state index in [1.807, 2.05) is 6.92 Å². The fourth-order valence-electron chi connectivity index (χ4n) is 0.871. The second-order valence-corrected chi connectivity index (χ2v) is 2.44. The second-order valence-electron chi connectivity index (χ2n) is 2.44. The van der Waals surface area contributed by atoms with E-state index in [9.17, 15) is 4.79 Å². The summed E-state index contributed by atoms with van der Waals surface area (Å²) in [5.41, 5.74) is 0. The lowest BCUT2D eigenvalue weighted by molar-refractivity contribution is -0.136. The molecule has 0 spiro atoms. The highest BCUT2D eigenvalue weighted by atomic mass is 16.5. The van der Waals surface area contributed by atoms with Crippen molar-refractivity contribution in [2.45, 2.75) is 13.3 Å². The molecule has 6 nitrogen and oxygen atoms in total. The van der Waals surface area contributed by atoms with Crippen LogP contribution in [0.5, 0.6) is 6.01 Å². The molecule has 0 aromatic carbocycles. The van der Waals surface area contributed by atoms with Crippen molar-refractivity contribution in [3.8, 4) is 6.01 Å². The van der Waals surface area contributed by atoms with Crippen LogP contribution in [0.15, 0.2) is 0 Å². The first-order valence-electron chi connectivity index (χ1n) is 3.88. The SMILES string of the molecule is CCOc1nc(CC(=O)O)n(C)n1. The molecule has 0 amide bonds. The van der Waals surface area contributed by atoms with E-state index < -0.39 is 5.97 Å². The lowest BCUT2D eigenvalue weighted by atomic mass is 10.4. The largest absolute Gasteiger partial charge is 0.481 e. The van der Waals surface area contributed by atoms with Crippen LogP contribution >= 0.6 is 0 Å². The number of carboxylic acid groups (broad SMARTS) is 1. The fourth-order valence-corrected chi connectivity index (χ4v) is 0.871. The molecule has 1 aromatic heterocycles. The van der Waals surface area contributed by atoms with Crippen LogP contribution in [-0.2, 0) is 18.3 Å². The molecule has 0 bridgehead atoms. The number of carbonyl (C=O) groups is 1. The number of rotatable bonds is 4. The Morgan fingerprint density at radius 3 is 2.92 bits per heavy atom. The zero-order valence-corrected chi connectivity index (χ0v) is 7.52. The fraction of sp³-hybridized carbons (Fsp3) is 0.571. The number of nitrogens with zero attached hydrogens (tertiary/aromatic N) is 3. The van der Waals surface area contributed by atoms with Gasteiger partial charge in [0, 0.05) is 7.05 Å². The van der Waals surface area contributed by atoms with Crippen molar-refractivity contribution in [1.82, 2.24) is 14.8 Å². The Kier molecular flexibility index (Phi) is 2.84. The van der Waals surface area contributed by atoms with E-state index in [-0.39, 0.29) is 12.4 Å². The molecule has 0 unspecified atom stereocenters. The Morgan fingerprint density at radius 1 is 1.69 bits per heavy atom. The Morgan fingerprint density at radius 2 is 2.38 bits per heavy atom. The van der Waals surface area contributed by atoms with E-state index >= 15 is 0 Å². The molecule has 13 heavy (non-hydrogen) atoms. The molecule has 1 heterocycles. The minimum Gasteiger partial charge on any atom is -0.481 e. The molecule has 0 radical (unpaired) electrons. The number of ether oxygens (including phenoxy) is 1. The van der Waals surface area contributed by atoms with Crippen molar-refractivity contribution < 1.29 is 14.6 Å². The molecule has 0 aliphatic rings. The summed E-state index contributed by atoms with van der Waals surface area (Å²) in [5.74, 6) is -0.547. The van der Waals surface area contributed by atoms with Gasteiger partial charge in [0.25, 0.3) is 0 Å². The van der Waals surface area contributed by atoms with Gasteiger partial charge < -0.3 is 9.84 Å². The van der Waals surface area contributed by atoms with Gasteiger partial charge in [-0.1, -0.05) is 0 Å². The minimum absolute atomic E-state index is 0.142. The molecule has 1 aromatic rings. The molecule has 72 valence electrons. The van der Waals surface area contributed by atoms with Crippen molar-refractivity contribution in [2.75, 3.05) is 6.61 Å². The molecule has 0 aliphatic carbocycles. The summed E-state index contributed by atoms with van der Waals surface area (Å²) in [4.78, 5) is 14.3. The van der Waals surface area contributed by atoms with Gasteiger partial charge in [0.2, 0.25) is 0 Å². The van der Waals surface area contributed by atoms with Crippen LogP contribution in [0.2, 0.25) is 0 Å². The first-order valence-corrected chi connectivity index (χ1v) is 3.88. The summed E-state index contributed by atoms with van der Waals surface area (Å²) < 4.78 is 6.41. The number of aliphatic carboxylic acids is 1. The number of carboxylic acids is 1. The maximum Gasteiger partial charge on any atom is 0.335 e. The lowest BCUT2D eigenvalue weighted by Gasteiger charge is -1.92. The summed E-state index contributed by atoms with van der Waals surface area (Å²) in [6, 6.07) is 0.223. The van der Waals surface area contributed by atoms with E-state index in [1.165, 1.54) is 4.68 Å². The number of hydrogen-bond acceptors (Lipinski definition) is 4. The molecule has 1 rings (SSSR count). The van der Waals surface area contributed by atoms with Crippen molar-refractivity contribution in [2.24, 2.45) is 7.05 Å². The standard InChI is InChI=1S/C7H11N3O3/c1-3-13-7-8-5(4-6(11)12)10(2)9-7/h3-4H2,1-2H3,(H,11,12). The van der Waals surface area contributed by atoms with E-state index in [0.29, 0.717) is 12.4 Å². The highest BCUT2D eigenvalue weighted by Gasteiger charge is 2.10. The van der Waals surface area contributed by atoms with Gasteiger partial charge in [-0.15, -0.1) is 5.10 Å². The third-order valence-corrected chi connectivity index (χ3v) is 1.42. The van der Waals surface area contributed by atoms with Gasteiger partial charge in [-0.25, -0.2) is 4.68 Å². The zero-order valence-electron chi connectivity index (χ0n) is 7.52. The lowest BCUT2D eigenvalue weighted by Crippen LogP contribution is -2.06. The average molecular weight is 185 g/mol. The predicted molar refractivity (Wildman–Crippen MR) is 43.5 cm³/mol. The van der Waals surface area contributed by atoms with Crippen LogP contribution in [-0.4, -0.2) is 32.4 Å². The average Bonchev–Trinajstić information content (AvgIpc) is 2.31. The normalized spacial score (nSPS) is 10.0. The summed E-state index contributed by atoms with van der Waals surface area (Å²) in [6.07, 6.45) is -0.142. The maximum absolute atomic E-state index is 10.4. The number of aryl methyl sites for hydroxylation is 1. The zero-order chi connectivity index (χ0) is 9.84. The molecule has 0 saturated heterocycles. The van der Waals surface area contributed by atoms with E-state index in [4.69, 9.17) is 9.84 Å². The Bertz CT molecular complexity index is 308. The van der Waals surface area contributed by atoms with Crippen LogP contribution in [0, 0.1) is 0 Å². The Balaban J connectivity index is 2.77. The topological polar surface area (TPSA) is 77.2 Å². The number of hydrogen-bond donors (Lipinski definition) is 1. The van der Waals surface area contributed by atoms with E-state index in [0.717, 1.165) is 0 Å². The van der Waals surface area contributed by atoms with Crippen LogP contribution in [0.25, 0.3) is 0 Å². The van der Waals surface area contributed by atoms with Crippen LogP contribution in [0.1, 0.15) is 12.7 Å². The van der Waals surface area contributed by atoms with E-state index in [1.54, 1.807) is 7.05 Å². The molecule has 0 fully saturated rings. The first-order chi connectivity index (χ1) is 6.13. The Hall–Kier alpha value is -1.59. The van der Waals surface area contributed by atoms with Crippen molar-refractivity contribution in [1.29, 1.82) is 0 Å². The predicted octanol–water partition coefficient (Wildman–Crippen LogP) is -0.159. The van der Waals surface area contributed by atoms with Gasteiger partial charge in [-0.3, -0.25) is 4.79 Å². The van der Waals surface area contributed by atoms with Gasteiger partial charge in [0.15, 0.2) is 0 Å². The minimum atomic E-state index is -0.932. The highest BCUT2D eigenvalue weighted by molar-refractivity contribution is 5.69. The maximum atomic E-state index is 10.4. The van der Waals surface area contributed by atoms with Gasteiger partial charge in [0.1, 0.15) is 12.2 Å². The van der Waals surface area contributed by atoms with Gasteiger partial charge in [0.05, 0.1) is 6.61 Å². The molecular formula is C7H11N3O3. The van der Waals surface area contributed by atoms with Crippen molar-refractivity contribution >= 4 is 5.97 Å². The molecule has 0 saturated carbocycles. The third-order valence-electron chi connectivity index (χ3n) is 1.42. The van der Waals surface area contributed by atoms with Gasteiger partial charge in [-0.05, 0) is 6.92 Å². The Labute approximate surface area is 75.2 Å². The highest BCUT2D eigenvalue weighted by Crippen LogP contribution is 2.04. The summed E-state index contributed by atoms with van der Waals surface area (Å²) >= 11 is 0. The quantitative estimate of drug-likeness (QED) is 0.705. The number of aromatic nitrogens is 3. The summed E-state index contributed by atoms with van der Waals surface area (Å²) in [5, 5.41) is 12.4. The van der Waals surface area contributed by atoms with Crippen molar-refractivity contribution in [3.63, 3.8) is 0 Å². The van der Waals surface area contributed by atoms with Crippen LogP contribution in [0.4, 0.5) is 0 Å². The summed E-state index contributed by atoms with van der Waals surface area (Å²) in [7, 11) is 1.63. The monoisotopic (exact) mass is 185 g/mol. The van der Waals surface area contributed by atoms with Gasteiger partial charge in [-0.2, -0.15) is 4.98 Å². The van der Waals surface area contributed by atoms with Crippen LogP contribution in [0.3, 0.4) is 0 Å². The van der Waals surface area contributed by atoms with E-state index in [2.05, 4.69) is 10.1 Å². The van der Waals surface area contributed by atoms with Crippen LogP contribution < -0.4 is 4.74 Å². The smallest absolute Gasteiger partial charge is 0.335 e. The third kappa shape index (κ3) is 2.43. The molecule has 1 N–H and O–H groups in total. The first kappa shape index (κ1) is 9.50. The summed E-state index contributed by atoms with van der Waals surface area (Å²) in [6.45, 7) is 2.28. The second kappa shape index (κ2) is 3.88. The van der Waals surface area contributed by atoms with Gasteiger partial charge >= 0.3 is 12.0 Å². The molecule has 0 atom stereocenters. The molecular weight excluding hydrogens is 174 g/mol. The molecule has 0 aliphatic heterocycles.